The molecule has 2 aromatic rings. The van der Waals surface area contributed by atoms with Gasteiger partial charge in [-0.2, -0.15) is 0 Å². The van der Waals surface area contributed by atoms with Crippen molar-refractivity contribution in [2.45, 2.75) is 18.6 Å². The molecule has 0 saturated carbocycles. The smallest absolute Gasteiger partial charge is 0.123 e. The van der Waals surface area contributed by atoms with Crippen LogP contribution in [0.25, 0.3) is 0 Å². The number of ether oxygens (including phenoxy) is 1. The second-order valence-electron chi connectivity index (χ2n) is 5.50. The van der Waals surface area contributed by atoms with E-state index in [2.05, 4.69) is 23.5 Å². The van der Waals surface area contributed by atoms with Gasteiger partial charge in [0.05, 0.1) is 12.1 Å². The van der Waals surface area contributed by atoms with Crippen LogP contribution >= 0.6 is 0 Å². The minimum absolute atomic E-state index is 0.155. The molecule has 0 radical (unpaired) electrons. The number of benzene rings is 2. The van der Waals surface area contributed by atoms with Gasteiger partial charge in [0.2, 0.25) is 0 Å². The summed E-state index contributed by atoms with van der Waals surface area (Å²) in [6, 6.07) is 15.3. The van der Waals surface area contributed by atoms with Crippen LogP contribution in [0.3, 0.4) is 0 Å². The minimum atomic E-state index is -0.191. The zero-order valence-corrected chi connectivity index (χ0v) is 11.1. The Morgan fingerprint density at radius 2 is 1.85 bits per heavy atom. The molecule has 3 heteroatoms. The summed E-state index contributed by atoms with van der Waals surface area (Å²) >= 11 is 0. The minimum Gasteiger partial charge on any atom is -0.378 e. The highest BCUT2D eigenvalue weighted by Gasteiger charge is 2.41. The summed E-state index contributed by atoms with van der Waals surface area (Å²) < 4.78 is 19.1. The summed E-state index contributed by atoms with van der Waals surface area (Å²) in [4.78, 5) is 0. The molecule has 2 aromatic carbocycles. The quantitative estimate of drug-likeness (QED) is 0.842. The van der Waals surface area contributed by atoms with E-state index in [9.17, 15) is 4.39 Å². The van der Waals surface area contributed by atoms with Crippen molar-refractivity contribution in [3.05, 3.63) is 65.5 Å². The van der Waals surface area contributed by atoms with Gasteiger partial charge in [0.1, 0.15) is 5.82 Å². The monoisotopic (exact) mass is 269 g/mol. The largest absolute Gasteiger partial charge is 0.378 e. The normalized spacial score (nSPS) is 27.6. The number of hydrogen-bond donors (Lipinski definition) is 1. The van der Waals surface area contributed by atoms with Crippen molar-refractivity contribution in [2.75, 3.05) is 11.9 Å². The van der Waals surface area contributed by atoms with Crippen LogP contribution in [0.1, 0.15) is 29.7 Å². The van der Waals surface area contributed by atoms with Crippen LogP contribution in [0.5, 0.6) is 0 Å². The second-order valence-corrected chi connectivity index (χ2v) is 5.50. The van der Waals surface area contributed by atoms with Crippen LogP contribution in [0, 0.1) is 11.7 Å². The zero-order chi connectivity index (χ0) is 13.5. The van der Waals surface area contributed by atoms with Gasteiger partial charge in [0.15, 0.2) is 0 Å². The summed E-state index contributed by atoms with van der Waals surface area (Å²) in [7, 11) is 0. The van der Waals surface area contributed by atoms with Crippen LogP contribution in [-0.4, -0.2) is 6.61 Å². The molecule has 0 aliphatic carbocycles. The number of fused-ring (bicyclic) bond motifs is 3. The van der Waals surface area contributed by atoms with Crippen LogP contribution < -0.4 is 5.32 Å². The predicted molar refractivity (Wildman–Crippen MR) is 76.0 cm³/mol. The van der Waals surface area contributed by atoms with Crippen LogP contribution in [-0.2, 0) is 4.74 Å². The van der Waals surface area contributed by atoms with Gasteiger partial charge in [0, 0.05) is 23.8 Å². The van der Waals surface area contributed by atoms with Crippen LogP contribution in [0.4, 0.5) is 10.1 Å². The van der Waals surface area contributed by atoms with Gasteiger partial charge in [-0.25, -0.2) is 4.39 Å². The van der Waals surface area contributed by atoms with E-state index >= 15 is 0 Å². The molecule has 3 atom stereocenters. The Balaban J connectivity index is 1.76. The topological polar surface area (TPSA) is 21.3 Å². The molecule has 2 aliphatic rings. The lowest BCUT2D eigenvalue weighted by atomic mass is 9.81. The molecular weight excluding hydrogens is 253 g/mol. The van der Waals surface area contributed by atoms with Crippen molar-refractivity contribution < 1.29 is 9.13 Å². The Kier molecular flexibility index (Phi) is 2.74. The standard InChI is InChI=1S/C17H16FNO/c18-12-7-5-11(6-8-12)16-14-9-10-20-17(14)13-3-1-2-4-15(13)19-16/h1-8,14,16-17,19H,9-10H2/t14-,16+,17+/m1/s1. The molecule has 0 bridgehead atoms. The fourth-order valence-electron chi connectivity index (χ4n) is 3.42. The first kappa shape index (κ1) is 11.9. The van der Waals surface area contributed by atoms with Gasteiger partial charge >= 0.3 is 0 Å². The maximum atomic E-state index is 13.1. The Labute approximate surface area is 117 Å². The van der Waals surface area contributed by atoms with Crippen molar-refractivity contribution in [3.8, 4) is 0 Å². The third-order valence-corrected chi connectivity index (χ3v) is 4.37. The predicted octanol–water partition coefficient (Wildman–Crippen LogP) is 4.07. The summed E-state index contributed by atoms with van der Waals surface area (Å²) in [5.74, 6) is 0.222. The molecule has 2 aliphatic heterocycles. The van der Waals surface area contributed by atoms with Gasteiger partial charge in [-0.05, 0) is 30.2 Å². The average Bonchev–Trinajstić information content (AvgIpc) is 2.97. The molecule has 1 saturated heterocycles. The summed E-state index contributed by atoms with van der Waals surface area (Å²) in [6.07, 6.45) is 1.19. The van der Waals surface area contributed by atoms with Crippen molar-refractivity contribution in [3.63, 3.8) is 0 Å². The number of halogens is 1. The third-order valence-electron chi connectivity index (χ3n) is 4.37. The molecule has 20 heavy (non-hydrogen) atoms. The first-order chi connectivity index (χ1) is 9.83. The zero-order valence-electron chi connectivity index (χ0n) is 11.1. The van der Waals surface area contributed by atoms with Gasteiger partial charge in [0.25, 0.3) is 0 Å². The lowest BCUT2D eigenvalue weighted by Crippen LogP contribution is -2.29. The van der Waals surface area contributed by atoms with E-state index in [-0.39, 0.29) is 18.0 Å². The molecule has 2 heterocycles. The van der Waals surface area contributed by atoms with Crippen molar-refractivity contribution in [2.24, 2.45) is 5.92 Å². The molecule has 1 N–H and O–H groups in total. The van der Waals surface area contributed by atoms with Gasteiger partial charge in [-0.15, -0.1) is 0 Å². The van der Waals surface area contributed by atoms with E-state index in [1.54, 1.807) is 0 Å². The molecule has 4 rings (SSSR count). The molecule has 2 nitrogen and oxygen atoms in total. The van der Waals surface area contributed by atoms with Gasteiger partial charge in [-0.3, -0.25) is 0 Å². The lowest BCUT2D eigenvalue weighted by molar-refractivity contribution is 0.0829. The number of rotatable bonds is 1. The Morgan fingerprint density at radius 1 is 1.05 bits per heavy atom. The molecule has 102 valence electrons. The molecule has 0 spiro atoms. The van der Waals surface area contributed by atoms with Crippen molar-refractivity contribution >= 4 is 5.69 Å². The fourth-order valence-corrected chi connectivity index (χ4v) is 3.42. The highest BCUT2D eigenvalue weighted by atomic mass is 19.1. The first-order valence-electron chi connectivity index (χ1n) is 7.05. The van der Waals surface area contributed by atoms with E-state index in [1.807, 2.05) is 18.2 Å². The Morgan fingerprint density at radius 3 is 2.70 bits per heavy atom. The summed E-state index contributed by atoms with van der Waals surface area (Å²) in [6.45, 7) is 0.795. The van der Waals surface area contributed by atoms with E-state index in [4.69, 9.17) is 4.74 Å². The SMILES string of the molecule is Fc1ccc([C@@H]2Nc3ccccc3[C@@H]3OCC[C@H]23)cc1. The van der Waals surface area contributed by atoms with Crippen molar-refractivity contribution in [1.82, 2.24) is 0 Å². The summed E-state index contributed by atoms with van der Waals surface area (Å²) in [5.41, 5.74) is 3.50. The van der Waals surface area contributed by atoms with E-state index in [1.165, 1.54) is 17.7 Å². The van der Waals surface area contributed by atoms with E-state index in [0.29, 0.717) is 5.92 Å². The lowest BCUT2D eigenvalue weighted by Gasteiger charge is -2.36. The van der Waals surface area contributed by atoms with Crippen LogP contribution in [0.2, 0.25) is 0 Å². The maximum Gasteiger partial charge on any atom is 0.123 e. The number of para-hydroxylation sites is 1. The average molecular weight is 269 g/mol. The van der Waals surface area contributed by atoms with E-state index < -0.39 is 0 Å². The molecule has 1 fully saturated rings. The molecular formula is C17H16FNO. The van der Waals surface area contributed by atoms with Crippen LogP contribution in [0.15, 0.2) is 48.5 Å². The molecule has 0 amide bonds. The second kappa shape index (κ2) is 4.60. The molecule has 0 unspecified atom stereocenters. The van der Waals surface area contributed by atoms with Gasteiger partial charge < -0.3 is 10.1 Å². The number of anilines is 1. The fraction of sp³-hybridized carbons (Fsp3) is 0.294. The molecule has 0 aromatic heterocycles. The van der Waals surface area contributed by atoms with Crippen molar-refractivity contribution in [1.29, 1.82) is 0 Å². The highest BCUT2D eigenvalue weighted by molar-refractivity contribution is 5.57. The number of nitrogens with one attached hydrogen (secondary N) is 1. The Bertz CT molecular complexity index is 625. The number of hydrogen-bond acceptors (Lipinski definition) is 2. The third kappa shape index (κ3) is 1.81. The summed E-state index contributed by atoms with van der Waals surface area (Å²) in [5, 5.41) is 3.60. The highest BCUT2D eigenvalue weighted by Crippen LogP contribution is 2.49. The Hall–Kier alpha value is -1.87. The first-order valence-corrected chi connectivity index (χ1v) is 7.05. The maximum absolute atomic E-state index is 13.1. The van der Waals surface area contributed by atoms with Gasteiger partial charge in [-0.1, -0.05) is 30.3 Å². The van der Waals surface area contributed by atoms with E-state index in [0.717, 1.165) is 24.3 Å².